The molecule has 0 aliphatic carbocycles. The molecule has 1 aromatic carbocycles. The molecule has 20 heavy (non-hydrogen) atoms. The number of hydrogen-bond donors (Lipinski definition) is 1. The zero-order valence-corrected chi connectivity index (χ0v) is 12.2. The van der Waals surface area contributed by atoms with Gasteiger partial charge in [-0.25, -0.2) is 4.99 Å². The van der Waals surface area contributed by atoms with Gasteiger partial charge in [0, 0.05) is 37.9 Å². The largest absolute Gasteiger partial charge is 0.480 e. The lowest BCUT2D eigenvalue weighted by Gasteiger charge is -2.38. The highest BCUT2D eigenvalue weighted by Gasteiger charge is 2.27. The van der Waals surface area contributed by atoms with Gasteiger partial charge in [0.15, 0.2) is 6.10 Å². The van der Waals surface area contributed by atoms with Gasteiger partial charge in [-0.15, -0.1) is 0 Å². The smallest absolute Gasteiger partial charge is 0.153 e. The van der Waals surface area contributed by atoms with Crippen molar-refractivity contribution in [2.45, 2.75) is 20.0 Å². The molecular weight excluding hydrogens is 252 g/mol. The number of anilines is 1. The number of amidine groups is 1. The summed E-state index contributed by atoms with van der Waals surface area (Å²) in [4.78, 5) is 9.59. The van der Waals surface area contributed by atoms with Gasteiger partial charge in [0.05, 0.1) is 0 Å². The molecule has 1 unspecified atom stereocenters. The molecule has 2 N–H and O–H groups in total. The summed E-state index contributed by atoms with van der Waals surface area (Å²) in [5, 5.41) is 0. The van der Waals surface area contributed by atoms with Gasteiger partial charge in [-0.2, -0.15) is 0 Å². The quantitative estimate of drug-likeness (QED) is 0.792. The van der Waals surface area contributed by atoms with Crippen LogP contribution in [0.4, 0.5) is 11.4 Å². The fourth-order valence-electron chi connectivity index (χ4n) is 2.80. The number of likely N-dealkylation sites (N-methyl/N-ethyl adjacent to an activating group) is 1. The SMILES string of the molecule is CCN1CCN(C2=Nc3ccc(N)cc3OC2C)CC1. The molecule has 0 bridgehead atoms. The van der Waals surface area contributed by atoms with Crippen molar-refractivity contribution >= 4 is 17.2 Å². The summed E-state index contributed by atoms with van der Waals surface area (Å²) in [7, 11) is 0. The van der Waals surface area contributed by atoms with E-state index in [2.05, 4.69) is 23.6 Å². The molecule has 1 atom stereocenters. The van der Waals surface area contributed by atoms with Gasteiger partial charge in [0.25, 0.3) is 0 Å². The van der Waals surface area contributed by atoms with Crippen LogP contribution in [0.15, 0.2) is 23.2 Å². The zero-order valence-electron chi connectivity index (χ0n) is 12.2. The average molecular weight is 274 g/mol. The number of nitrogen functional groups attached to an aromatic ring is 1. The van der Waals surface area contributed by atoms with Crippen LogP contribution in [0.1, 0.15) is 13.8 Å². The van der Waals surface area contributed by atoms with E-state index in [0.29, 0.717) is 5.69 Å². The zero-order chi connectivity index (χ0) is 14.1. The van der Waals surface area contributed by atoms with Crippen molar-refractivity contribution < 1.29 is 4.74 Å². The third-order valence-corrected chi connectivity index (χ3v) is 4.03. The van der Waals surface area contributed by atoms with Gasteiger partial charge in [0.2, 0.25) is 0 Å². The van der Waals surface area contributed by atoms with E-state index in [4.69, 9.17) is 15.5 Å². The first-order valence-electron chi connectivity index (χ1n) is 7.29. The Bertz CT molecular complexity index is 521. The maximum Gasteiger partial charge on any atom is 0.153 e. The number of ether oxygens (including phenoxy) is 1. The molecular formula is C15H22N4O. The van der Waals surface area contributed by atoms with E-state index in [1.807, 2.05) is 18.2 Å². The van der Waals surface area contributed by atoms with Crippen molar-refractivity contribution in [3.05, 3.63) is 18.2 Å². The lowest BCUT2D eigenvalue weighted by molar-refractivity contribution is 0.173. The molecule has 5 nitrogen and oxygen atoms in total. The number of benzene rings is 1. The molecule has 0 amide bonds. The summed E-state index contributed by atoms with van der Waals surface area (Å²) >= 11 is 0. The van der Waals surface area contributed by atoms with E-state index in [1.165, 1.54) is 0 Å². The molecule has 1 aromatic rings. The second-order valence-electron chi connectivity index (χ2n) is 5.38. The summed E-state index contributed by atoms with van der Waals surface area (Å²) in [5.74, 6) is 1.83. The van der Waals surface area contributed by atoms with Gasteiger partial charge in [-0.1, -0.05) is 6.92 Å². The fraction of sp³-hybridized carbons (Fsp3) is 0.533. The lowest BCUT2D eigenvalue weighted by Crippen LogP contribution is -2.52. The Morgan fingerprint density at radius 3 is 2.75 bits per heavy atom. The van der Waals surface area contributed by atoms with Crippen LogP contribution in [0.3, 0.4) is 0 Å². The molecule has 1 saturated heterocycles. The van der Waals surface area contributed by atoms with Gasteiger partial charge < -0.3 is 20.3 Å². The maximum atomic E-state index is 5.97. The van der Waals surface area contributed by atoms with Crippen LogP contribution >= 0.6 is 0 Å². The fourth-order valence-corrected chi connectivity index (χ4v) is 2.80. The van der Waals surface area contributed by atoms with Gasteiger partial charge in [-0.3, -0.25) is 0 Å². The lowest BCUT2D eigenvalue weighted by atomic mass is 10.2. The highest BCUT2D eigenvalue weighted by Crippen LogP contribution is 2.34. The standard InChI is InChI=1S/C15H22N4O/c1-3-18-6-8-19(9-7-18)15-11(2)20-14-10-12(16)4-5-13(14)17-15/h4-5,10-11H,3,6-9,16H2,1-2H3. The van der Waals surface area contributed by atoms with E-state index in [9.17, 15) is 0 Å². The first kappa shape index (κ1) is 13.2. The number of aliphatic imine (C=N–C) groups is 1. The first-order chi connectivity index (χ1) is 9.67. The Morgan fingerprint density at radius 2 is 2.05 bits per heavy atom. The topological polar surface area (TPSA) is 54.1 Å². The van der Waals surface area contributed by atoms with E-state index in [-0.39, 0.29) is 6.10 Å². The monoisotopic (exact) mass is 274 g/mol. The first-order valence-corrected chi connectivity index (χ1v) is 7.29. The van der Waals surface area contributed by atoms with E-state index in [0.717, 1.165) is 50.0 Å². The molecule has 1 fully saturated rings. The van der Waals surface area contributed by atoms with Crippen LogP contribution in [0, 0.1) is 0 Å². The normalized spacial score (nSPS) is 23.0. The van der Waals surface area contributed by atoms with E-state index in [1.54, 1.807) is 0 Å². The molecule has 108 valence electrons. The third kappa shape index (κ3) is 2.45. The highest BCUT2D eigenvalue weighted by atomic mass is 16.5. The van der Waals surface area contributed by atoms with Crippen molar-refractivity contribution in [2.75, 3.05) is 38.5 Å². The van der Waals surface area contributed by atoms with Crippen LogP contribution in [0.2, 0.25) is 0 Å². The van der Waals surface area contributed by atoms with Crippen molar-refractivity contribution in [1.29, 1.82) is 0 Å². The molecule has 2 aliphatic heterocycles. The minimum absolute atomic E-state index is 0.0162. The number of piperazine rings is 1. The summed E-state index contributed by atoms with van der Waals surface area (Å²) in [5.41, 5.74) is 7.38. The molecule has 0 radical (unpaired) electrons. The van der Waals surface area contributed by atoms with Crippen molar-refractivity contribution in [3.63, 3.8) is 0 Å². The summed E-state index contributed by atoms with van der Waals surface area (Å²) < 4.78 is 5.97. The second kappa shape index (κ2) is 5.32. The Kier molecular flexibility index (Phi) is 3.53. The number of nitrogens with zero attached hydrogens (tertiary/aromatic N) is 3. The minimum Gasteiger partial charge on any atom is -0.480 e. The minimum atomic E-state index is -0.0162. The summed E-state index contributed by atoms with van der Waals surface area (Å²) in [6.07, 6.45) is -0.0162. The van der Waals surface area contributed by atoms with Crippen LogP contribution < -0.4 is 10.5 Å². The molecule has 0 saturated carbocycles. The van der Waals surface area contributed by atoms with E-state index >= 15 is 0 Å². The van der Waals surface area contributed by atoms with Crippen LogP contribution in [-0.4, -0.2) is 54.5 Å². The van der Waals surface area contributed by atoms with Crippen LogP contribution in [-0.2, 0) is 0 Å². The highest BCUT2D eigenvalue weighted by molar-refractivity contribution is 5.91. The number of rotatable bonds is 1. The van der Waals surface area contributed by atoms with Crippen molar-refractivity contribution in [3.8, 4) is 5.75 Å². The van der Waals surface area contributed by atoms with Gasteiger partial charge in [-0.05, 0) is 25.6 Å². The number of nitrogens with two attached hydrogens (primary N) is 1. The van der Waals surface area contributed by atoms with Crippen molar-refractivity contribution in [1.82, 2.24) is 9.80 Å². The maximum absolute atomic E-state index is 5.97. The summed E-state index contributed by atoms with van der Waals surface area (Å²) in [6, 6.07) is 5.65. The number of fused-ring (bicyclic) bond motifs is 1. The molecule has 5 heteroatoms. The predicted octanol–water partition coefficient (Wildman–Crippen LogP) is 1.72. The van der Waals surface area contributed by atoms with Gasteiger partial charge in [0.1, 0.15) is 17.3 Å². The molecule has 3 rings (SSSR count). The van der Waals surface area contributed by atoms with Crippen LogP contribution in [0.5, 0.6) is 5.75 Å². The van der Waals surface area contributed by atoms with E-state index < -0.39 is 0 Å². The molecule has 0 spiro atoms. The van der Waals surface area contributed by atoms with Crippen LogP contribution in [0.25, 0.3) is 0 Å². The average Bonchev–Trinajstić information content (AvgIpc) is 2.46. The Morgan fingerprint density at radius 1 is 1.30 bits per heavy atom. The Labute approximate surface area is 120 Å². The second-order valence-corrected chi connectivity index (χ2v) is 5.38. The van der Waals surface area contributed by atoms with Gasteiger partial charge >= 0.3 is 0 Å². The Hall–Kier alpha value is -1.75. The van der Waals surface area contributed by atoms with Crippen molar-refractivity contribution in [2.24, 2.45) is 4.99 Å². The third-order valence-electron chi connectivity index (χ3n) is 4.03. The molecule has 2 heterocycles. The molecule has 2 aliphatic rings. The predicted molar refractivity (Wildman–Crippen MR) is 81.7 cm³/mol. The number of hydrogen-bond acceptors (Lipinski definition) is 5. The summed E-state index contributed by atoms with van der Waals surface area (Å²) in [6.45, 7) is 9.61. The Balaban J connectivity index is 1.81. The molecule has 0 aromatic heterocycles.